The Bertz CT molecular complexity index is 322. The van der Waals surface area contributed by atoms with E-state index in [0.717, 1.165) is 6.42 Å². The number of piperidine rings is 1. The van der Waals surface area contributed by atoms with Gasteiger partial charge in [-0.2, -0.15) is 0 Å². The molecule has 0 aromatic carbocycles. The summed E-state index contributed by atoms with van der Waals surface area (Å²) in [6.45, 7) is 6.74. The highest BCUT2D eigenvalue weighted by Gasteiger charge is 2.44. The third-order valence-electron chi connectivity index (χ3n) is 2.93. The van der Waals surface area contributed by atoms with Gasteiger partial charge in [-0.3, -0.25) is 4.79 Å². The van der Waals surface area contributed by atoms with E-state index in [1.165, 1.54) is 0 Å². The Morgan fingerprint density at radius 3 is 2.69 bits per heavy atom. The topological polar surface area (TPSA) is 58.6 Å². The molecule has 5 nitrogen and oxygen atoms in total. The highest BCUT2D eigenvalue weighted by atomic mass is 16.6. The minimum Gasteiger partial charge on any atom is -0.444 e. The third kappa shape index (κ3) is 2.13. The average Bonchev–Trinajstić information content (AvgIpc) is 2.12. The number of carbonyl (C=O) groups excluding carboxylic acids is 2. The third-order valence-corrected chi connectivity index (χ3v) is 2.93. The molecule has 0 bridgehead atoms. The molecule has 16 heavy (non-hydrogen) atoms. The number of carbonyl (C=O) groups is 2. The van der Waals surface area contributed by atoms with Gasteiger partial charge in [-0.15, -0.1) is 0 Å². The van der Waals surface area contributed by atoms with Gasteiger partial charge in [-0.1, -0.05) is 0 Å². The highest BCUT2D eigenvalue weighted by molar-refractivity contribution is 5.86. The van der Waals surface area contributed by atoms with Crippen molar-refractivity contribution in [1.82, 2.24) is 10.2 Å². The molecule has 5 heteroatoms. The number of fused-ring (bicyclic) bond motifs is 1. The van der Waals surface area contributed by atoms with Gasteiger partial charge in [0.1, 0.15) is 5.60 Å². The van der Waals surface area contributed by atoms with Gasteiger partial charge in [0.15, 0.2) is 0 Å². The van der Waals surface area contributed by atoms with Crippen molar-refractivity contribution in [3.05, 3.63) is 0 Å². The summed E-state index contributed by atoms with van der Waals surface area (Å²) >= 11 is 0. The second-order valence-corrected chi connectivity index (χ2v) is 5.44. The second kappa shape index (κ2) is 3.64. The zero-order valence-electron chi connectivity index (χ0n) is 9.95. The van der Waals surface area contributed by atoms with Crippen LogP contribution in [0.4, 0.5) is 4.79 Å². The predicted octanol–water partition coefficient (Wildman–Crippen LogP) is 0.742. The maximum Gasteiger partial charge on any atom is 0.410 e. The Labute approximate surface area is 95.1 Å². The van der Waals surface area contributed by atoms with Crippen LogP contribution in [0.25, 0.3) is 0 Å². The largest absolute Gasteiger partial charge is 0.444 e. The summed E-state index contributed by atoms with van der Waals surface area (Å²) in [5, 5.41) is 2.80. The van der Waals surface area contributed by atoms with Crippen molar-refractivity contribution in [1.29, 1.82) is 0 Å². The van der Waals surface area contributed by atoms with Crippen molar-refractivity contribution in [2.75, 3.05) is 13.1 Å². The molecule has 2 atom stereocenters. The van der Waals surface area contributed by atoms with E-state index >= 15 is 0 Å². The van der Waals surface area contributed by atoms with E-state index in [0.29, 0.717) is 13.1 Å². The molecule has 0 saturated carbocycles. The van der Waals surface area contributed by atoms with Crippen LogP contribution >= 0.6 is 0 Å². The Morgan fingerprint density at radius 1 is 1.50 bits per heavy atom. The summed E-state index contributed by atoms with van der Waals surface area (Å²) in [7, 11) is 0. The first-order valence-corrected chi connectivity index (χ1v) is 5.65. The van der Waals surface area contributed by atoms with E-state index < -0.39 is 5.60 Å². The molecule has 90 valence electrons. The predicted molar refractivity (Wildman–Crippen MR) is 57.8 cm³/mol. The molecule has 0 radical (unpaired) electrons. The fourth-order valence-corrected chi connectivity index (χ4v) is 2.10. The van der Waals surface area contributed by atoms with Crippen LogP contribution in [0.5, 0.6) is 0 Å². The van der Waals surface area contributed by atoms with Gasteiger partial charge in [0.05, 0.1) is 12.0 Å². The Hall–Kier alpha value is -1.26. The van der Waals surface area contributed by atoms with E-state index in [-0.39, 0.29) is 24.0 Å². The molecule has 2 fully saturated rings. The van der Waals surface area contributed by atoms with Crippen LogP contribution in [0.3, 0.4) is 0 Å². The van der Waals surface area contributed by atoms with E-state index in [2.05, 4.69) is 5.32 Å². The Balaban J connectivity index is 1.88. The molecule has 0 aliphatic carbocycles. The highest BCUT2D eigenvalue weighted by Crippen LogP contribution is 2.26. The molecule has 0 spiro atoms. The van der Waals surface area contributed by atoms with E-state index in [9.17, 15) is 9.59 Å². The number of rotatable bonds is 0. The van der Waals surface area contributed by atoms with Gasteiger partial charge >= 0.3 is 6.09 Å². The molecular formula is C11H18N2O3. The van der Waals surface area contributed by atoms with Crippen molar-refractivity contribution in [3.8, 4) is 0 Å². The quantitative estimate of drug-likeness (QED) is 0.620. The zero-order valence-corrected chi connectivity index (χ0v) is 9.95. The lowest BCUT2D eigenvalue weighted by molar-refractivity contribution is -0.138. The molecule has 2 unspecified atom stereocenters. The van der Waals surface area contributed by atoms with E-state index in [4.69, 9.17) is 4.74 Å². The lowest BCUT2D eigenvalue weighted by Gasteiger charge is -2.44. The molecule has 0 aromatic rings. The zero-order chi connectivity index (χ0) is 11.9. The first-order valence-electron chi connectivity index (χ1n) is 5.65. The van der Waals surface area contributed by atoms with Crippen molar-refractivity contribution in [2.45, 2.75) is 38.8 Å². The normalized spacial score (nSPS) is 28.9. The number of nitrogens with one attached hydrogen (secondary N) is 1. The van der Waals surface area contributed by atoms with Gasteiger partial charge in [0, 0.05) is 13.1 Å². The summed E-state index contributed by atoms with van der Waals surface area (Å²) in [5.74, 6) is 0.229. The molecule has 2 heterocycles. The van der Waals surface area contributed by atoms with Crippen LogP contribution in [-0.2, 0) is 9.53 Å². The first kappa shape index (κ1) is 11.2. The molecule has 2 rings (SSSR count). The van der Waals surface area contributed by atoms with Crippen LogP contribution in [0.1, 0.15) is 27.2 Å². The number of hydrogen-bond donors (Lipinski definition) is 1. The van der Waals surface area contributed by atoms with Crippen molar-refractivity contribution in [2.24, 2.45) is 5.92 Å². The van der Waals surface area contributed by atoms with Crippen LogP contribution < -0.4 is 5.32 Å². The van der Waals surface area contributed by atoms with Crippen molar-refractivity contribution >= 4 is 12.0 Å². The molecule has 1 N–H and O–H groups in total. The van der Waals surface area contributed by atoms with Crippen LogP contribution in [0.15, 0.2) is 0 Å². The first-order chi connectivity index (χ1) is 7.37. The van der Waals surface area contributed by atoms with Gasteiger partial charge in [-0.05, 0) is 27.2 Å². The summed E-state index contributed by atoms with van der Waals surface area (Å²) in [5.41, 5.74) is -0.462. The van der Waals surface area contributed by atoms with Crippen molar-refractivity contribution < 1.29 is 14.3 Å². The molecule has 2 saturated heterocycles. The molecular weight excluding hydrogens is 208 g/mol. The minimum absolute atomic E-state index is 0.110. The van der Waals surface area contributed by atoms with Crippen LogP contribution in [-0.4, -0.2) is 41.6 Å². The van der Waals surface area contributed by atoms with Crippen molar-refractivity contribution in [3.63, 3.8) is 0 Å². The van der Waals surface area contributed by atoms with Gasteiger partial charge in [0.25, 0.3) is 0 Å². The number of likely N-dealkylation sites (tertiary alicyclic amines) is 1. The maximum atomic E-state index is 11.8. The lowest BCUT2D eigenvalue weighted by Crippen LogP contribution is -2.66. The maximum absolute atomic E-state index is 11.8. The standard InChI is InChI=1S/C11H18N2O3/c1-11(2,3)16-10(15)13-5-4-7-8(6-13)12-9(7)14/h7-8H,4-6H2,1-3H3,(H,12,14). The van der Waals surface area contributed by atoms with Gasteiger partial charge in [-0.25, -0.2) is 4.79 Å². The molecule has 2 aliphatic heterocycles. The van der Waals surface area contributed by atoms with E-state index in [1.54, 1.807) is 4.90 Å². The monoisotopic (exact) mass is 226 g/mol. The molecule has 2 amide bonds. The number of amides is 2. The average molecular weight is 226 g/mol. The number of ether oxygens (including phenoxy) is 1. The Morgan fingerprint density at radius 2 is 2.19 bits per heavy atom. The summed E-state index contributed by atoms with van der Waals surface area (Å²) < 4.78 is 5.29. The SMILES string of the molecule is CC(C)(C)OC(=O)N1CCC2C(=O)NC2C1. The smallest absolute Gasteiger partial charge is 0.410 e. The number of hydrogen-bond acceptors (Lipinski definition) is 3. The summed E-state index contributed by atoms with van der Waals surface area (Å²) in [4.78, 5) is 24.6. The number of β-lactam (4-membered cyclic amide) rings is 1. The van der Waals surface area contributed by atoms with E-state index in [1.807, 2.05) is 20.8 Å². The van der Waals surface area contributed by atoms with Crippen LogP contribution in [0, 0.1) is 5.92 Å². The second-order valence-electron chi connectivity index (χ2n) is 5.44. The van der Waals surface area contributed by atoms with Gasteiger partial charge in [0.2, 0.25) is 5.91 Å². The molecule has 0 aromatic heterocycles. The molecule has 2 aliphatic rings. The fraction of sp³-hybridized carbons (Fsp3) is 0.818. The van der Waals surface area contributed by atoms with Gasteiger partial charge < -0.3 is 15.0 Å². The summed E-state index contributed by atoms with van der Waals surface area (Å²) in [6, 6.07) is 0.133. The Kier molecular flexibility index (Phi) is 2.56. The fourth-order valence-electron chi connectivity index (χ4n) is 2.10. The minimum atomic E-state index is -0.462. The van der Waals surface area contributed by atoms with Crippen LogP contribution in [0.2, 0.25) is 0 Å². The lowest BCUT2D eigenvalue weighted by atomic mass is 9.84. The number of nitrogens with zero attached hydrogens (tertiary/aromatic N) is 1. The summed E-state index contributed by atoms with van der Waals surface area (Å²) in [6.07, 6.45) is 0.461.